The highest BCUT2D eigenvalue weighted by Gasteiger charge is 2.06. The molecule has 2 aromatic rings. The number of carbonyl (C=O) groups excluding carboxylic acids is 1. The summed E-state index contributed by atoms with van der Waals surface area (Å²) in [4.78, 5) is 11.9. The van der Waals surface area contributed by atoms with Gasteiger partial charge in [-0.1, -0.05) is 6.58 Å². The second-order valence-corrected chi connectivity index (χ2v) is 4.73. The van der Waals surface area contributed by atoms with Crippen LogP contribution in [0.3, 0.4) is 0 Å². The molecule has 0 fully saturated rings. The van der Waals surface area contributed by atoms with Gasteiger partial charge in [0.25, 0.3) is 5.91 Å². The Morgan fingerprint density at radius 3 is 2.33 bits per heavy atom. The number of amides is 1. The van der Waals surface area contributed by atoms with E-state index in [9.17, 15) is 9.18 Å². The first-order valence-corrected chi connectivity index (χ1v) is 6.49. The molecule has 108 valence electrons. The highest BCUT2D eigenvalue weighted by molar-refractivity contribution is 6.04. The van der Waals surface area contributed by atoms with E-state index in [0.29, 0.717) is 23.6 Å². The molecule has 0 aliphatic carbocycles. The molecular formula is C17H16FNO2. The second kappa shape index (κ2) is 6.70. The van der Waals surface area contributed by atoms with Gasteiger partial charge in [0.05, 0.1) is 0 Å². The van der Waals surface area contributed by atoms with Crippen molar-refractivity contribution in [3.05, 3.63) is 72.1 Å². The number of anilines is 1. The van der Waals surface area contributed by atoms with E-state index in [1.807, 2.05) is 6.92 Å². The van der Waals surface area contributed by atoms with E-state index in [1.165, 1.54) is 24.3 Å². The minimum absolute atomic E-state index is 0.286. The van der Waals surface area contributed by atoms with Gasteiger partial charge in [-0.2, -0.15) is 0 Å². The zero-order valence-corrected chi connectivity index (χ0v) is 11.7. The normalized spacial score (nSPS) is 10.0. The third-order valence-corrected chi connectivity index (χ3v) is 2.70. The molecule has 0 saturated carbocycles. The van der Waals surface area contributed by atoms with Crippen LogP contribution in [-0.2, 0) is 0 Å². The smallest absolute Gasteiger partial charge is 0.255 e. The SMILES string of the molecule is C=C(C)COc1ccc(NC(=O)c2ccc(F)cc2)cc1. The molecule has 0 unspecified atom stereocenters. The summed E-state index contributed by atoms with van der Waals surface area (Å²) in [6.07, 6.45) is 0. The van der Waals surface area contributed by atoms with Crippen molar-refractivity contribution in [2.45, 2.75) is 6.92 Å². The average Bonchev–Trinajstić information content (AvgIpc) is 2.47. The Bertz CT molecular complexity index is 633. The molecule has 1 amide bonds. The number of hydrogen-bond donors (Lipinski definition) is 1. The monoisotopic (exact) mass is 285 g/mol. The van der Waals surface area contributed by atoms with E-state index in [2.05, 4.69) is 11.9 Å². The summed E-state index contributed by atoms with van der Waals surface area (Å²) < 4.78 is 18.3. The van der Waals surface area contributed by atoms with Crippen LogP contribution in [0.5, 0.6) is 5.75 Å². The summed E-state index contributed by atoms with van der Waals surface area (Å²) in [5.41, 5.74) is 1.98. The fourth-order valence-electron chi connectivity index (χ4n) is 1.65. The number of rotatable bonds is 5. The van der Waals surface area contributed by atoms with Gasteiger partial charge in [0.15, 0.2) is 0 Å². The van der Waals surface area contributed by atoms with E-state index < -0.39 is 0 Å². The van der Waals surface area contributed by atoms with Crippen molar-refractivity contribution in [1.82, 2.24) is 0 Å². The lowest BCUT2D eigenvalue weighted by Gasteiger charge is -2.08. The maximum atomic E-state index is 12.8. The molecule has 0 aromatic heterocycles. The maximum absolute atomic E-state index is 12.8. The lowest BCUT2D eigenvalue weighted by atomic mass is 10.2. The number of ether oxygens (including phenoxy) is 1. The first-order chi connectivity index (χ1) is 10.0. The van der Waals surface area contributed by atoms with Crippen LogP contribution in [0.25, 0.3) is 0 Å². The molecule has 0 aliphatic rings. The van der Waals surface area contributed by atoms with Gasteiger partial charge in [-0.05, 0) is 61.0 Å². The Hall–Kier alpha value is -2.62. The molecule has 2 rings (SSSR count). The molecule has 1 N–H and O–H groups in total. The first kappa shape index (κ1) is 14.8. The van der Waals surface area contributed by atoms with E-state index >= 15 is 0 Å². The van der Waals surface area contributed by atoms with Crippen molar-refractivity contribution >= 4 is 11.6 Å². The molecule has 0 atom stereocenters. The molecule has 0 bridgehead atoms. The summed E-state index contributed by atoms with van der Waals surface area (Å²) >= 11 is 0. The number of nitrogens with one attached hydrogen (secondary N) is 1. The Kier molecular flexibility index (Phi) is 4.72. The van der Waals surface area contributed by atoms with Crippen LogP contribution in [0.1, 0.15) is 17.3 Å². The van der Waals surface area contributed by atoms with Crippen molar-refractivity contribution in [1.29, 1.82) is 0 Å². The van der Waals surface area contributed by atoms with E-state index in [1.54, 1.807) is 24.3 Å². The van der Waals surface area contributed by atoms with Crippen molar-refractivity contribution in [2.75, 3.05) is 11.9 Å². The Labute approximate surface area is 123 Å². The van der Waals surface area contributed by atoms with Crippen LogP contribution in [0.2, 0.25) is 0 Å². The van der Waals surface area contributed by atoms with Crippen LogP contribution in [-0.4, -0.2) is 12.5 Å². The first-order valence-electron chi connectivity index (χ1n) is 6.49. The minimum Gasteiger partial charge on any atom is -0.489 e. The quantitative estimate of drug-likeness (QED) is 0.842. The molecule has 0 aliphatic heterocycles. The molecule has 0 radical (unpaired) electrons. The van der Waals surface area contributed by atoms with Gasteiger partial charge >= 0.3 is 0 Å². The predicted molar refractivity (Wildman–Crippen MR) is 81.1 cm³/mol. The summed E-state index contributed by atoms with van der Waals surface area (Å²) in [5.74, 6) is 0.0500. The fraction of sp³-hybridized carbons (Fsp3) is 0.118. The van der Waals surface area contributed by atoms with Crippen LogP contribution in [0.15, 0.2) is 60.7 Å². The number of halogens is 1. The van der Waals surface area contributed by atoms with Crippen LogP contribution in [0.4, 0.5) is 10.1 Å². The Balaban J connectivity index is 1.98. The van der Waals surface area contributed by atoms with Crippen molar-refractivity contribution < 1.29 is 13.9 Å². The number of carbonyl (C=O) groups is 1. The lowest BCUT2D eigenvalue weighted by Crippen LogP contribution is -2.11. The van der Waals surface area contributed by atoms with E-state index in [0.717, 1.165) is 5.57 Å². The van der Waals surface area contributed by atoms with Gasteiger partial charge in [-0.15, -0.1) is 0 Å². The summed E-state index contributed by atoms with van der Waals surface area (Å²) in [6.45, 7) is 6.10. The number of benzene rings is 2. The molecule has 2 aromatic carbocycles. The van der Waals surface area contributed by atoms with Crippen LogP contribution in [0, 0.1) is 5.82 Å². The zero-order chi connectivity index (χ0) is 15.2. The highest BCUT2D eigenvalue weighted by Crippen LogP contribution is 2.17. The molecule has 21 heavy (non-hydrogen) atoms. The molecule has 4 heteroatoms. The molecular weight excluding hydrogens is 269 g/mol. The van der Waals surface area contributed by atoms with Crippen molar-refractivity contribution in [3.8, 4) is 5.75 Å². The third-order valence-electron chi connectivity index (χ3n) is 2.70. The molecule has 0 saturated heterocycles. The standard InChI is InChI=1S/C17H16FNO2/c1-12(2)11-21-16-9-7-15(8-10-16)19-17(20)13-3-5-14(18)6-4-13/h3-10H,1,11H2,2H3,(H,19,20). The van der Waals surface area contributed by atoms with E-state index in [4.69, 9.17) is 4.74 Å². The maximum Gasteiger partial charge on any atom is 0.255 e. The second-order valence-electron chi connectivity index (χ2n) is 4.73. The lowest BCUT2D eigenvalue weighted by molar-refractivity contribution is 0.102. The van der Waals surface area contributed by atoms with Crippen LogP contribution >= 0.6 is 0 Å². The molecule has 0 heterocycles. The average molecular weight is 285 g/mol. The predicted octanol–water partition coefficient (Wildman–Crippen LogP) is 4.03. The highest BCUT2D eigenvalue weighted by atomic mass is 19.1. The summed E-state index contributed by atoms with van der Waals surface area (Å²) in [7, 11) is 0. The van der Waals surface area contributed by atoms with Gasteiger partial charge in [-0.3, -0.25) is 4.79 Å². The van der Waals surface area contributed by atoms with Crippen molar-refractivity contribution in [3.63, 3.8) is 0 Å². The Morgan fingerprint density at radius 2 is 1.76 bits per heavy atom. The fourth-order valence-corrected chi connectivity index (χ4v) is 1.65. The minimum atomic E-state index is -0.370. The van der Waals surface area contributed by atoms with Gasteiger partial charge in [0, 0.05) is 11.3 Å². The van der Waals surface area contributed by atoms with Gasteiger partial charge in [0.2, 0.25) is 0 Å². The largest absolute Gasteiger partial charge is 0.489 e. The molecule has 3 nitrogen and oxygen atoms in total. The molecule has 0 spiro atoms. The Morgan fingerprint density at radius 1 is 1.14 bits per heavy atom. The van der Waals surface area contributed by atoms with Gasteiger partial charge < -0.3 is 10.1 Å². The van der Waals surface area contributed by atoms with Gasteiger partial charge in [0.1, 0.15) is 18.2 Å². The zero-order valence-electron chi connectivity index (χ0n) is 11.7. The van der Waals surface area contributed by atoms with Crippen molar-refractivity contribution in [2.24, 2.45) is 0 Å². The third kappa shape index (κ3) is 4.45. The summed E-state index contributed by atoms with van der Waals surface area (Å²) in [5, 5.41) is 2.74. The van der Waals surface area contributed by atoms with Gasteiger partial charge in [-0.25, -0.2) is 4.39 Å². The number of hydrogen-bond acceptors (Lipinski definition) is 2. The van der Waals surface area contributed by atoms with Crippen LogP contribution < -0.4 is 10.1 Å². The topological polar surface area (TPSA) is 38.3 Å². The summed E-state index contributed by atoms with van der Waals surface area (Å²) in [6, 6.07) is 12.4. The van der Waals surface area contributed by atoms with E-state index in [-0.39, 0.29) is 11.7 Å².